The second-order valence-corrected chi connectivity index (χ2v) is 7.30. The molecular weight excluding hydrogens is 466 g/mol. The van der Waals surface area contributed by atoms with Gasteiger partial charge in [-0.3, -0.25) is 14.7 Å². The predicted octanol–water partition coefficient (Wildman–Crippen LogP) is 3.94. The van der Waals surface area contributed by atoms with Gasteiger partial charge >= 0.3 is 5.97 Å². The molecule has 0 saturated carbocycles. The van der Waals surface area contributed by atoms with E-state index in [-0.39, 0.29) is 28.6 Å². The van der Waals surface area contributed by atoms with Crippen LogP contribution in [0.4, 0.5) is 5.00 Å². The van der Waals surface area contributed by atoms with Crippen LogP contribution >= 0.6 is 43.2 Å². The molecule has 0 aliphatic heterocycles. The van der Waals surface area contributed by atoms with Crippen LogP contribution in [0.1, 0.15) is 49.9 Å². The van der Waals surface area contributed by atoms with Gasteiger partial charge < -0.3 is 10.1 Å². The number of H-pyrrole nitrogens is 1. The minimum Gasteiger partial charge on any atom is -0.462 e. The van der Waals surface area contributed by atoms with Crippen molar-refractivity contribution >= 4 is 65.9 Å². The molecule has 2 rings (SSSR count). The van der Waals surface area contributed by atoms with E-state index >= 15 is 0 Å². The van der Waals surface area contributed by atoms with E-state index in [4.69, 9.17) is 4.74 Å². The molecule has 0 aromatic carbocycles. The molecule has 2 heterocycles. The summed E-state index contributed by atoms with van der Waals surface area (Å²) in [5.74, 6) is -1.30. The Morgan fingerprint density at radius 3 is 2.50 bits per heavy atom. The summed E-state index contributed by atoms with van der Waals surface area (Å²) in [6.45, 7) is 4.92. The van der Waals surface area contributed by atoms with E-state index in [9.17, 15) is 14.4 Å². The number of rotatable bonds is 5. The normalized spacial score (nSPS) is 10.5. The Bertz CT molecular complexity index is 828. The Morgan fingerprint density at radius 1 is 1.33 bits per heavy atom. The van der Waals surface area contributed by atoms with E-state index in [1.54, 1.807) is 13.8 Å². The number of hydrogen-bond acceptors (Lipinski definition) is 6. The van der Waals surface area contributed by atoms with Crippen LogP contribution in [-0.4, -0.2) is 34.5 Å². The number of nitrogens with one attached hydrogen (secondary N) is 2. The highest BCUT2D eigenvalue weighted by molar-refractivity contribution is 9.13. The monoisotopic (exact) mass is 477 g/mol. The number of carbonyl (C=O) groups is 3. The summed E-state index contributed by atoms with van der Waals surface area (Å²) in [4.78, 5) is 36.7. The van der Waals surface area contributed by atoms with Crippen molar-refractivity contribution in [2.45, 2.75) is 20.8 Å². The second-order valence-electron chi connectivity index (χ2n) is 4.69. The van der Waals surface area contributed by atoms with E-state index in [0.717, 1.165) is 11.3 Å². The maximum atomic E-state index is 12.4. The first-order valence-electron chi connectivity index (χ1n) is 6.80. The van der Waals surface area contributed by atoms with Crippen LogP contribution < -0.4 is 5.32 Å². The van der Waals surface area contributed by atoms with Crippen molar-refractivity contribution in [3.8, 4) is 0 Å². The number of aromatic nitrogens is 2. The van der Waals surface area contributed by atoms with Gasteiger partial charge in [0, 0.05) is 0 Å². The minimum absolute atomic E-state index is 0.118. The first-order chi connectivity index (χ1) is 11.3. The lowest BCUT2D eigenvalue weighted by Crippen LogP contribution is -2.15. The molecule has 2 aromatic rings. The van der Waals surface area contributed by atoms with Gasteiger partial charge in [0.1, 0.15) is 9.60 Å². The molecule has 0 saturated heterocycles. The van der Waals surface area contributed by atoms with Crippen LogP contribution in [0.15, 0.2) is 9.08 Å². The Balaban J connectivity index is 2.43. The van der Waals surface area contributed by atoms with Crippen LogP contribution in [0.25, 0.3) is 0 Å². The van der Waals surface area contributed by atoms with Gasteiger partial charge in [-0.05, 0) is 58.2 Å². The van der Waals surface area contributed by atoms with E-state index in [2.05, 4.69) is 47.4 Å². The lowest BCUT2D eigenvalue weighted by molar-refractivity contribution is 0.0527. The molecule has 0 fully saturated rings. The topological polar surface area (TPSA) is 101 Å². The number of ether oxygens (including phenoxy) is 1. The van der Waals surface area contributed by atoms with Crippen LogP contribution in [0.2, 0.25) is 0 Å². The number of amides is 1. The van der Waals surface area contributed by atoms with Crippen molar-refractivity contribution < 1.29 is 19.1 Å². The smallest absolute Gasteiger partial charge is 0.341 e. The molecule has 0 radical (unpaired) electrons. The summed E-state index contributed by atoms with van der Waals surface area (Å²) in [7, 11) is 0. The molecule has 0 spiro atoms. The van der Waals surface area contributed by atoms with E-state index < -0.39 is 11.9 Å². The van der Waals surface area contributed by atoms with Gasteiger partial charge in [0.05, 0.1) is 21.5 Å². The Labute approximate surface area is 158 Å². The number of halogens is 2. The maximum Gasteiger partial charge on any atom is 0.341 e. The number of thiophene rings is 1. The first-order valence-corrected chi connectivity index (χ1v) is 9.20. The Hall–Kier alpha value is -1.52. The highest BCUT2D eigenvalue weighted by Gasteiger charge is 2.26. The molecule has 0 aliphatic rings. The zero-order valence-corrected chi connectivity index (χ0v) is 16.9. The maximum absolute atomic E-state index is 12.4. The Kier molecular flexibility index (Phi) is 5.94. The highest BCUT2D eigenvalue weighted by Crippen LogP contribution is 2.35. The van der Waals surface area contributed by atoms with Crippen molar-refractivity contribution in [1.82, 2.24) is 10.2 Å². The quantitative estimate of drug-likeness (QED) is 0.500. The van der Waals surface area contributed by atoms with Crippen molar-refractivity contribution in [3.05, 3.63) is 30.8 Å². The lowest BCUT2D eigenvalue weighted by atomic mass is 10.1. The molecular formula is C14H13Br2N3O4S. The summed E-state index contributed by atoms with van der Waals surface area (Å²) < 4.78 is 6.00. The molecule has 0 bridgehead atoms. The summed E-state index contributed by atoms with van der Waals surface area (Å²) in [5.41, 5.74) is 0.793. The number of anilines is 1. The van der Waals surface area contributed by atoms with Crippen molar-refractivity contribution in [3.63, 3.8) is 0 Å². The van der Waals surface area contributed by atoms with E-state index in [1.807, 2.05) is 0 Å². The highest BCUT2D eigenvalue weighted by atomic mass is 79.9. The third-order valence-corrected chi connectivity index (χ3v) is 6.24. The molecule has 2 N–H and O–H groups in total. The standard InChI is InChI=1S/C14H13Br2N3O4S/c1-4-23-14(22)7-5(2)10(6(3)20)24-13(7)17-12(21)9-8(15)11(16)19-18-9/h4H2,1-3H3,(H,17,21)(H,18,19). The minimum atomic E-state index is -0.587. The Morgan fingerprint density at radius 2 is 2.00 bits per heavy atom. The van der Waals surface area contributed by atoms with Crippen molar-refractivity contribution in [2.24, 2.45) is 0 Å². The number of Topliss-reactive ketones (excluding diaryl/α,β-unsaturated/α-hetero) is 1. The van der Waals surface area contributed by atoms with Gasteiger partial charge in [-0.25, -0.2) is 4.79 Å². The number of carbonyl (C=O) groups excluding carboxylic acids is 3. The zero-order chi connectivity index (χ0) is 18.0. The SMILES string of the molecule is CCOC(=O)c1c(NC(=O)c2n[nH]c(Br)c2Br)sc(C(C)=O)c1C. The van der Waals surface area contributed by atoms with Gasteiger partial charge in [0.25, 0.3) is 5.91 Å². The lowest BCUT2D eigenvalue weighted by Gasteiger charge is -2.06. The number of nitrogens with zero attached hydrogens (tertiary/aromatic N) is 1. The number of aromatic amines is 1. The fraction of sp³-hybridized carbons (Fsp3) is 0.286. The van der Waals surface area contributed by atoms with Crippen LogP contribution in [0, 0.1) is 6.92 Å². The van der Waals surface area contributed by atoms with E-state index in [1.165, 1.54) is 6.92 Å². The fourth-order valence-electron chi connectivity index (χ4n) is 2.01. The molecule has 2 aromatic heterocycles. The largest absolute Gasteiger partial charge is 0.462 e. The average Bonchev–Trinajstić information content (AvgIpc) is 3.00. The summed E-state index contributed by atoms with van der Waals surface area (Å²) in [5, 5.41) is 9.38. The molecule has 0 unspecified atom stereocenters. The van der Waals surface area contributed by atoms with Gasteiger partial charge in [0.15, 0.2) is 11.5 Å². The molecule has 0 aliphatic carbocycles. The van der Waals surface area contributed by atoms with Crippen LogP contribution in [0.3, 0.4) is 0 Å². The molecule has 128 valence electrons. The predicted molar refractivity (Wildman–Crippen MR) is 97.0 cm³/mol. The molecule has 10 heteroatoms. The van der Waals surface area contributed by atoms with Crippen LogP contribution in [-0.2, 0) is 4.74 Å². The van der Waals surface area contributed by atoms with Crippen molar-refractivity contribution in [2.75, 3.05) is 11.9 Å². The van der Waals surface area contributed by atoms with Gasteiger partial charge in [-0.15, -0.1) is 11.3 Å². The number of esters is 1. The molecule has 24 heavy (non-hydrogen) atoms. The molecule has 1 amide bonds. The average molecular weight is 479 g/mol. The molecule has 0 atom stereocenters. The second kappa shape index (κ2) is 7.58. The number of ketones is 1. The fourth-order valence-corrected chi connectivity index (χ4v) is 3.73. The van der Waals surface area contributed by atoms with Gasteiger partial charge in [0.2, 0.25) is 0 Å². The third kappa shape index (κ3) is 3.60. The summed E-state index contributed by atoms with van der Waals surface area (Å²) >= 11 is 7.47. The van der Waals surface area contributed by atoms with Crippen LogP contribution in [0.5, 0.6) is 0 Å². The van der Waals surface area contributed by atoms with Gasteiger partial charge in [-0.2, -0.15) is 5.10 Å². The number of hydrogen-bond donors (Lipinski definition) is 2. The first kappa shape index (κ1) is 18.8. The zero-order valence-electron chi connectivity index (χ0n) is 13.0. The third-order valence-electron chi connectivity index (χ3n) is 3.05. The summed E-state index contributed by atoms with van der Waals surface area (Å²) in [6, 6.07) is 0. The van der Waals surface area contributed by atoms with Gasteiger partial charge in [-0.1, -0.05) is 0 Å². The van der Waals surface area contributed by atoms with Crippen molar-refractivity contribution in [1.29, 1.82) is 0 Å². The summed E-state index contributed by atoms with van der Waals surface area (Å²) in [6.07, 6.45) is 0. The van der Waals surface area contributed by atoms with E-state index in [0.29, 0.717) is 19.5 Å². The molecule has 7 nitrogen and oxygen atoms in total.